The van der Waals surface area contributed by atoms with Crippen LogP contribution in [0.4, 0.5) is 5.69 Å². The van der Waals surface area contributed by atoms with E-state index < -0.39 is 0 Å². The van der Waals surface area contributed by atoms with E-state index in [2.05, 4.69) is 15.3 Å². The molecule has 5 nitrogen and oxygen atoms in total. The molecule has 2 aromatic rings. The van der Waals surface area contributed by atoms with Gasteiger partial charge >= 0.3 is 0 Å². The van der Waals surface area contributed by atoms with Crippen LogP contribution in [-0.2, 0) is 6.42 Å². The molecule has 20 heavy (non-hydrogen) atoms. The predicted octanol–water partition coefficient (Wildman–Crippen LogP) is 3.60. The average Bonchev–Trinajstić information content (AvgIpc) is 2.49. The first-order valence-corrected chi connectivity index (χ1v) is 6.27. The van der Waals surface area contributed by atoms with Gasteiger partial charge in [0.15, 0.2) is 0 Å². The van der Waals surface area contributed by atoms with Gasteiger partial charge in [0.25, 0.3) is 5.91 Å². The van der Waals surface area contributed by atoms with Gasteiger partial charge in [0.1, 0.15) is 0 Å². The Morgan fingerprint density at radius 2 is 1.80 bits per heavy atom. The van der Waals surface area contributed by atoms with Crippen molar-refractivity contribution < 1.29 is 4.79 Å². The number of carbonyl (C=O) groups excluding carboxylic acids is 1. The summed E-state index contributed by atoms with van der Waals surface area (Å²) < 4.78 is 0. The fourth-order valence-corrected chi connectivity index (χ4v) is 1.80. The summed E-state index contributed by atoms with van der Waals surface area (Å²) in [5.41, 5.74) is 10.5. The first-order valence-electron chi connectivity index (χ1n) is 6.27. The van der Waals surface area contributed by atoms with Crippen molar-refractivity contribution in [3.8, 4) is 0 Å². The van der Waals surface area contributed by atoms with Crippen LogP contribution in [0.5, 0.6) is 0 Å². The van der Waals surface area contributed by atoms with Gasteiger partial charge in [-0.25, -0.2) is 0 Å². The Morgan fingerprint density at radius 1 is 1.10 bits per heavy atom. The minimum Gasteiger partial charge on any atom is -0.352 e. The van der Waals surface area contributed by atoms with Gasteiger partial charge in [-0.1, -0.05) is 47.6 Å². The van der Waals surface area contributed by atoms with Crippen LogP contribution in [0.1, 0.15) is 15.9 Å². The third-order valence-corrected chi connectivity index (χ3v) is 2.83. The molecule has 0 aliphatic heterocycles. The van der Waals surface area contributed by atoms with Crippen LogP contribution in [0.25, 0.3) is 10.4 Å². The van der Waals surface area contributed by atoms with Crippen molar-refractivity contribution >= 4 is 11.6 Å². The van der Waals surface area contributed by atoms with Crippen molar-refractivity contribution in [1.82, 2.24) is 5.32 Å². The molecule has 2 aromatic carbocycles. The van der Waals surface area contributed by atoms with Crippen LogP contribution < -0.4 is 5.32 Å². The second-order valence-corrected chi connectivity index (χ2v) is 4.23. The summed E-state index contributed by atoms with van der Waals surface area (Å²) in [4.78, 5) is 14.6. The van der Waals surface area contributed by atoms with E-state index in [1.165, 1.54) is 5.56 Å². The molecule has 0 bridgehead atoms. The maximum Gasteiger partial charge on any atom is 0.251 e. The smallest absolute Gasteiger partial charge is 0.251 e. The highest BCUT2D eigenvalue weighted by Crippen LogP contribution is 2.12. The van der Waals surface area contributed by atoms with Gasteiger partial charge < -0.3 is 5.32 Å². The number of hydrogen-bond acceptors (Lipinski definition) is 2. The SMILES string of the molecule is [N-]=[N+]=Nc1ccc(C(=O)NCCc2ccccc2)cc1. The molecule has 0 aliphatic carbocycles. The van der Waals surface area contributed by atoms with E-state index in [1.54, 1.807) is 24.3 Å². The summed E-state index contributed by atoms with van der Waals surface area (Å²) in [7, 11) is 0. The van der Waals surface area contributed by atoms with E-state index >= 15 is 0 Å². The van der Waals surface area contributed by atoms with E-state index in [1.807, 2.05) is 30.3 Å². The number of nitrogens with zero attached hydrogens (tertiary/aromatic N) is 3. The van der Waals surface area contributed by atoms with Crippen molar-refractivity contribution in [1.29, 1.82) is 0 Å². The number of nitrogens with one attached hydrogen (secondary N) is 1. The fourth-order valence-electron chi connectivity index (χ4n) is 1.80. The molecular weight excluding hydrogens is 252 g/mol. The number of rotatable bonds is 5. The van der Waals surface area contributed by atoms with Gasteiger partial charge in [-0.2, -0.15) is 0 Å². The van der Waals surface area contributed by atoms with Gasteiger partial charge in [-0.3, -0.25) is 4.79 Å². The number of hydrogen-bond donors (Lipinski definition) is 1. The lowest BCUT2D eigenvalue weighted by Crippen LogP contribution is -2.25. The zero-order valence-electron chi connectivity index (χ0n) is 10.9. The molecule has 0 saturated carbocycles. The lowest BCUT2D eigenvalue weighted by Gasteiger charge is -2.05. The zero-order valence-corrected chi connectivity index (χ0v) is 10.9. The summed E-state index contributed by atoms with van der Waals surface area (Å²) in [6.07, 6.45) is 0.795. The molecule has 1 amide bonds. The molecule has 0 heterocycles. The Hall–Kier alpha value is -2.78. The summed E-state index contributed by atoms with van der Waals surface area (Å²) in [6, 6.07) is 16.5. The molecular formula is C15H14N4O. The molecule has 2 rings (SSSR count). The average molecular weight is 266 g/mol. The van der Waals surface area contributed by atoms with Gasteiger partial charge in [-0.15, -0.1) is 0 Å². The molecule has 0 fully saturated rings. The fraction of sp³-hybridized carbons (Fsp3) is 0.133. The van der Waals surface area contributed by atoms with Gasteiger partial charge in [0.05, 0.1) is 0 Å². The molecule has 0 saturated heterocycles. The summed E-state index contributed by atoms with van der Waals surface area (Å²) in [6.45, 7) is 0.584. The molecule has 0 unspecified atom stereocenters. The summed E-state index contributed by atoms with van der Waals surface area (Å²) in [5, 5.41) is 6.31. The van der Waals surface area contributed by atoms with E-state index in [9.17, 15) is 4.79 Å². The lowest BCUT2D eigenvalue weighted by atomic mass is 10.1. The third-order valence-electron chi connectivity index (χ3n) is 2.83. The Labute approximate surface area is 116 Å². The van der Waals surface area contributed by atoms with E-state index in [0.29, 0.717) is 17.8 Å². The Bertz CT molecular complexity index is 616. The topological polar surface area (TPSA) is 77.9 Å². The summed E-state index contributed by atoms with van der Waals surface area (Å²) in [5.74, 6) is -0.131. The highest BCUT2D eigenvalue weighted by Gasteiger charge is 2.04. The first kappa shape index (κ1) is 13.6. The Balaban J connectivity index is 1.87. The second kappa shape index (κ2) is 6.97. The number of amides is 1. The standard InChI is InChI=1S/C15H14N4O/c16-19-18-14-8-6-13(7-9-14)15(20)17-11-10-12-4-2-1-3-5-12/h1-9H,10-11H2,(H,17,20). The maximum atomic E-state index is 11.9. The van der Waals surface area contributed by atoms with Crippen molar-refractivity contribution in [2.45, 2.75) is 6.42 Å². The monoisotopic (exact) mass is 266 g/mol. The van der Waals surface area contributed by atoms with E-state index in [-0.39, 0.29) is 5.91 Å². The quantitative estimate of drug-likeness (QED) is 0.501. The Morgan fingerprint density at radius 3 is 2.45 bits per heavy atom. The zero-order chi connectivity index (χ0) is 14.2. The van der Waals surface area contributed by atoms with Crippen LogP contribution in [0, 0.1) is 0 Å². The van der Waals surface area contributed by atoms with Crippen LogP contribution >= 0.6 is 0 Å². The van der Waals surface area contributed by atoms with Crippen molar-refractivity contribution in [3.05, 3.63) is 76.2 Å². The van der Waals surface area contributed by atoms with Crippen molar-refractivity contribution in [2.24, 2.45) is 5.11 Å². The van der Waals surface area contributed by atoms with Crippen LogP contribution in [0.2, 0.25) is 0 Å². The predicted molar refractivity (Wildman–Crippen MR) is 77.7 cm³/mol. The van der Waals surface area contributed by atoms with Gasteiger partial charge in [0, 0.05) is 22.7 Å². The molecule has 0 radical (unpaired) electrons. The largest absolute Gasteiger partial charge is 0.352 e. The third kappa shape index (κ3) is 3.86. The second-order valence-electron chi connectivity index (χ2n) is 4.23. The van der Waals surface area contributed by atoms with Crippen LogP contribution in [0.3, 0.4) is 0 Å². The number of benzene rings is 2. The number of azide groups is 1. The van der Waals surface area contributed by atoms with Crippen LogP contribution in [0.15, 0.2) is 59.7 Å². The summed E-state index contributed by atoms with van der Waals surface area (Å²) >= 11 is 0. The molecule has 1 N–H and O–H groups in total. The molecule has 5 heteroatoms. The Kier molecular flexibility index (Phi) is 4.76. The van der Waals surface area contributed by atoms with Crippen molar-refractivity contribution in [2.75, 3.05) is 6.54 Å². The minimum absolute atomic E-state index is 0.131. The maximum absolute atomic E-state index is 11.9. The van der Waals surface area contributed by atoms with E-state index in [0.717, 1.165) is 6.42 Å². The molecule has 100 valence electrons. The van der Waals surface area contributed by atoms with Crippen molar-refractivity contribution in [3.63, 3.8) is 0 Å². The first-order chi connectivity index (χ1) is 9.79. The normalized spacial score (nSPS) is 9.60. The molecule has 0 atom stereocenters. The molecule has 0 aliphatic rings. The van der Waals surface area contributed by atoms with Gasteiger partial charge in [0.2, 0.25) is 0 Å². The van der Waals surface area contributed by atoms with Gasteiger partial charge in [-0.05, 0) is 29.6 Å². The minimum atomic E-state index is -0.131. The molecule has 0 spiro atoms. The molecule has 0 aromatic heterocycles. The highest BCUT2D eigenvalue weighted by molar-refractivity contribution is 5.94. The number of carbonyl (C=O) groups is 1. The van der Waals surface area contributed by atoms with Crippen LogP contribution in [-0.4, -0.2) is 12.5 Å². The highest BCUT2D eigenvalue weighted by atomic mass is 16.1. The van der Waals surface area contributed by atoms with E-state index in [4.69, 9.17) is 5.53 Å². The lowest BCUT2D eigenvalue weighted by molar-refractivity contribution is 0.0954.